The number of rotatable bonds is 9. The summed E-state index contributed by atoms with van der Waals surface area (Å²) in [5, 5.41) is 2.93. The Balaban J connectivity index is 1.91. The molecule has 25 heavy (non-hydrogen) atoms. The summed E-state index contributed by atoms with van der Waals surface area (Å²) in [7, 11) is 3.19. The second-order valence-corrected chi connectivity index (χ2v) is 6.25. The van der Waals surface area contributed by atoms with Gasteiger partial charge in [-0.2, -0.15) is 0 Å². The van der Waals surface area contributed by atoms with Crippen LogP contribution >= 0.6 is 0 Å². The predicted octanol–water partition coefficient (Wildman–Crippen LogP) is 2.01. The van der Waals surface area contributed by atoms with E-state index in [9.17, 15) is 9.59 Å². The van der Waals surface area contributed by atoms with E-state index in [0.717, 1.165) is 5.56 Å². The lowest BCUT2D eigenvalue weighted by molar-refractivity contribution is -0.143. The Labute approximate surface area is 149 Å². The minimum Gasteiger partial charge on any atom is -0.493 e. The maximum atomic E-state index is 12.6. The van der Waals surface area contributed by atoms with Gasteiger partial charge in [-0.1, -0.05) is 6.07 Å². The number of carbonyl (C=O) groups is 2. The number of nitrogens with zero attached hydrogens (tertiary/aromatic N) is 1. The molecule has 1 aliphatic rings. The minimum absolute atomic E-state index is 0.0406. The third-order valence-electron chi connectivity index (χ3n) is 4.79. The van der Waals surface area contributed by atoms with Crippen LogP contribution in [0.3, 0.4) is 0 Å². The number of hydrogen-bond acceptors (Lipinski definition) is 4. The monoisotopic (exact) mass is 348 g/mol. The molecule has 1 aliphatic carbocycles. The van der Waals surface area contributed by atoms with E-state index < -0.39 is 5.41 Å². The van der Waals surface area contributed by atoms with Gasteiger partial charge in [-0.3, -0.25) is 9.59 Å². The van der Waals surface area contributed by atoms with Crippen LogP contribution in [0.5, 0.6) is 11.5 Å². The van der Waals surface area contributed by atoms with Crippen molar-refractivity contribution in [2.24, 2.45) is 5.41 Å². The molecule has 6 nitrogen and oxygen atoms in total. The number of ether oxygens (including phenoxy) is 2. The molecule has 0 atom stereocenters. The quantitative estimate of drug-likeness (QED) is 0.693. The Hall–Kier alpha value is -2.24. The van der Waals surface area contributed by atoms with Crippen molar-refractivity contribution in [3.63, 3.8) is 0 Å². The van der Waals surface area contributed by atoms with Gasteiger partial charge in [0.15, 0.2) is 11.5 Å². The summed E-state index contributed by atoms with van der Waals surface area (Å²) in [6.07, 6.45) is 1.96. The van der Waals surface area contributed by atoms with Crippen molar-refractivity contribution in [1.29, 1.82) is 0 Å². The largest absolute Gasteiger partial charge is 0.493 e. The number of amides is 2. The molecular weight excluding hydrogens is 320 g/mol. The number of methoxy groups -OCH3 is 2. The Morgan fingerprint density at radius 3 is 2.28 bits per heavy atom. The van der Waals surface area contributed by atoms with Gasteiger partial charge in [0.05, 0.1) is 14.2 Å². The molecule has 2 rings (SSSR count). The second kappa shape index (κ2) is 8.23. The fourth-order valence-corrected chi connectivity index (χ4v) is 3.00. The first-order chi connectivity index (χ1) is 12.0. The Morgan fingerprint density at radius 2 is 1.76 bits per heavy atom. The van der Waals surface area contributed by atoms with Gasteiger partial charge in [0.25, 0.3) is 0 Å². The van der Waals surface area contributed by atoms with E-state index in [0.29, 0.717) is 50.4 Å². The standard InChI is InChI=1S/C19H28N2O4/c1-5-21(6-2)18(23)19(10-11-19)17(22)20-12-9-14-7-8-15(24-3)16(13-14)25-4/h7-8,13H,5-6,9-12H2,1-4H3,(H,20,22). The van der Waals surface area contributed by atoms with Crippen LogP contribution in [-0.4, -0.2) is 50.6 Å². The van der Waals surface area contributed by atoms with E-state index in [1.54, 1.807) is 19.1 Å². The van der Waals surface area contributed by atoms with Gasteiger partial charge in [-0.25, -0.2) is 0 Å². The molecule has 6 heteroatoms. The SMILES string of the molecule is CCN(CC)C(=O)C1(C(=O)NCCc2ccc(OC)c(OC)c2)CC1. The lowest BCUT2D eigenvalue weighted by Crippen LogP contribution is -2.45. The van der Waals surface area contributed by atoms with Gasteiger partial charge in [0, 0.05) is 19.6 Å². The van der Waals surface area contributed by atoms with Crippen LogP contribution in [0.1, 0.15) is 32.3 Å². The lowest BCUT2D eigenvalue weighted by atomic mass is 10.0. The van der Waals surface area contributed by atoms with Crippen LogP contribution in [-0.2, 0) is 16.0 Å². The molecule has 0 aliphatic heterocycles. The first-order valence-electron chi connectivity index (χ1n) is 8.81. The number of nitrogens with one attached hydrogen (secondary N) is 1. The van der Waals surface area contributed by atoms with Crippen molar-refractivity contribution >= 4 is 11.8 Å². The molecule has 0 radical (unpaired) electrons. The summed E-state index contributed by atoms with van der Waals surface area (Å²) >= 11 is 0. The van der Waals surface area contributed by atoms with E-state index in [-0.39, 0.29) is 11.8 Å². The molecule has 1 saturated carbocycles. The highest BCUT2D eigenvalue weighted by atomic mass is 16.5. The summed E-state index contributed by atoms with van der Waals surface area (Å²) in [6.45, 7) is 5.63. The zero-order chi connectivity index (χ0) is 18.4. The average molecular weight is 348 g/mol. The molecule has 1 aromatic carbocycles. The highest BCUT2D eigenvalue weighted by Crippen LogP contribution is 2.47. The number of carbonyl (C=O) groups excluding carboxylic acids is 2. The van der Waals surface area contributed by atoms with E-state index in [1.807, 2.05) is 32.0 Å². The minimum atomic E-state index is -0.830. The van der Waals surface area contributed by atoms with Gasteiger partial charge in [0.1, 0.15) is 5.41 Å². The summed E-state index contributed by atoms with van der Waals surface area (Å²) in [5.74, 6) is 1.16. The van der Waals surface area contributed by atoms with E-state index >= 15 is 0 Å². The summed E-state index contributed by atoms with van der Waals surface area (Å²) in [5.41, 5.74) is 0.210. The molecule has 2 amide bonds. The molecule has 1 N–H and O–H groups in total. The number of benzene rings is 1. The first-order valence-corrected chi connectivity index (χ1v) is 8.81. The van der Waals surface area contributed by atoms with Crippen molar-refractivity contribution in [3.8, 4) is 11.5 Å². The molecule has 0 unspecified atom stereocenters. The molecule has 1 aromatic rings. The van der Waals surface area contributed by atoms with Crippen LogP contribution in [0.2, 0.25) is 0 Å². The van der Waals surface area contributed by atoms with Gasteiger partial charge >= 0.3 is 0 Å². The normalized spacial score (nSPS) is 14.6. The molecule has 0 heterocycles. The van der Waals surface area contributed by atoms with Crippen LogP contribution in [0.25, 0.3) is 0 Å². The van der Waals surface area contributed by atoms with Crippen molar-refractivity contribution in [1.82, 2.24) is 10.2 Å². The molecule has 138 valence electrons. The van der Waals surface area contributed by atoms with Gasteiger partial charge in [-0.05, 0) is 50.8 Å². The lowest BCUT2D eigenvalue weighted by Gasteiger charge is -2.24. The van der Waals surface area contributed by atoms with Crippen molar-refractivity contribution in [2.75, 3.05) is 33.9 Å². The summed E-state index contributed by atoms with van der Waals surface area (Å²) in [6, 6.07) is 5.70. The van der Waals surface area contributed by atoms with Crippen LogP contribution < -0.4 is 14.8 Å². The van der Waals surface area contributed by atoms with Gasteiger partial charge < -0.3 is 19.7 Å². The second-order valence-electron chi connectivity index (χ2n) is 6.25. The zero-order valence-corrected chi connectivity index (χ0v) is 15.6. The third-order valence-corrected chi connectivity index (χ3v) is 4.79. The third kappa shape index (κ3) is 4.06. The maximum Gasteiger partial charge on any atom is 0.238 e. The zero-order valence-electron chi connectivity index (χ0n) is 15.6. The predicted molar refractivity (Wildman–Crippen MR) is 95.9 cm³/mol. The first kappa shape index (κ1) is 19.1. The van der Waals surface area contributed by atoms with Crippen molar-refractivity contribution in [3.05, 3.63) is 23.8 Å². The summed E-state index contributed by atoms with van der Waals surface area (Å²) < 4.78 is 10.5. The van der Waals surface area contributed by atoms with Gasteiger partial charge in [-0.15, -0.1) is 0 Å². The maximum absolute atomic E-state index is 12.6. The highest BCUT2D eigenvalue weighted by Gasteiger charge is 2.57. The van der Waals surface area contributed by atoms with E-state index in [4.69, 9.17) is 9.47 Å². The van der Waals surface area contributed by atoms with E-state index in [1.165, 1.54) is 0 Å². The Morgan fingerprint density at radius 1 is 1.12 bits per heavy atom. The molecule has 0 spiro atoms. The highest BCUT2D eigenvalue weighted by molar-refractivity contribution is 6.07. The average Bonchev–Trinajstić information content (AvgIpc) is 3.44. The molecule has 0 aromatic heterocycles. The van der Waals surface area contributed by atoms with Crippen LogP contribution in [0.4, 0.5) is 0 Å². The molecular formula is C19H28N2O4. The Bertz CT molecular complexity index is 622. The fraction of sp³-hybridized carbons (Fsp3) is 0.579. The summed E-state index contributed by atoms with van der Waals surface area (Å²) in [4.78, 5) is 26.8. The fourth-order valence-electron chi connectivity index (χ4n) is 3.00. The van der Waals surface area contributed by atoms with Crippen LogP contribution in [0, 0.1) is 5.41 Å². The van der Waals surface area contributed by atoms with E-state index in [2.05, 4.69) is 5.32 Å². The van der Waals surface area contributed by atoms with Crippen LogP contribution in [0.15, 0.2) is 18.2 Å². The van der Waals surface area contributed by atoms with Crippen molar-refractivity contribution < 1.29 is 19.1 Å². The van der Waals surface area contributed by atoms with Gasteiger partial charge in [0.2, 0.25) is 11.8 Å². The smallest absolute Gasteiger partial charge is 0.238 e. The molecule has 0 saturated heterocycles. The van der Waals surface area contributed by atoms with Crippen molar-refractivity contribution in [2.45, 2.75) is 33.1 Å². The topological polar surface area (TPSA) is 67.9 Å². The molecule has 1 fully saturated rings. The molecule has 0 bridgehead atoms. The Kier molecular flexibility index (Phi) is 6.28. The number of hydrogen-bond donors (Lipinski definition) is 1.